The highest BCUT2D eigenvalue weighted by molar-refractivity contribution is 8.57. The lowest BCUT2D eigenvalue weighted by atomic mass is 10.4. The molecule has 0 heterocycles. The molecule has 0 amide bonds. The highest BCUT2D eigenvalue weighted by atomic mass is 32.7. The van der Waals surface area contributed by atoms with Gasteiger partial charge in [-0.05, 0) is 13.5 Å². The number of nitrogens with zero attached hydrogens (tertiary/aromatic N) is 2. The van der Waals surface area contributed by atoms with Crippen LogP contribution in [0.2, 0.25) is 0 Å². The van der Waals surface area contributed by atoms with Gasteiger partial charge >= 0.3 is 0 Å². The van der Waals surface area contributed by atoms with Gasteiger partial charge in [-0.25, -0.2) is 5.09 Å². The maximum atomic E-state index is 12.5. The molecule has 9 heteroatoms. The van der Waals surface area contributed by atoms with Crippen molar-refractivity contribution >= 4 is 35.2 Å². The Morgan fingerprint density at radius 1 is 1.71 bits per heavy atom. The normalized spacial score (nSPS) is 16.0. The Bertz CT molecular complexity index is 340. The average Bonchev–Trinajstić information content (AvgIpc) is 2.26. The van der Waals surface area contributed by atoms with Crippen molar-refractivity contribution in [3.63, 3.8) is 0 Å². The molecule has 0 aromatic rings. The molecule has 0 aromatic carbocycles. The minimum atomic E-state index is -2.92. The van der Waals surface area contributed by atoms with Crippen molar-refractivity contribution in [2.45, 2.75) is 25.5 Å². The van der Waals surface area contributed by atoms with Crippen molar-refractivity contribution < 1.29 is 9.49 Å². The number of nitro groups is 1. The molecule has 0 saturated heterocycles. The summed E-state index contributed by atoms with van der Waals surface area (Å²) in [5, 5.41) is 13.3. The van der Waals surface area contributed by atoms with Crippen LogP contribution in [0.5, 0.6) is 0 Å². The lowest BCUT2D eigenvalue weighted by Crippen LogP contribution is -2.31. The molecule has 100 valence electrons. The van der Waals surface area contributed by atoms with Crippen LogP contribution in [0.3, 0.4) is 0 Å². The van der Waals surface area contributed by atoms with Crippen molar-refractivity contribution in [3.05, 3.63) is 10.1 Å². The number of hydrogen-bond donors (Lipinski definition) is 1. The van der Waals surface area contributed by atoms with E-state index >= 15 is 0 Å². The van der Waals surface area contributed by atoms with Gasteiger partial charge in [-0.2, -0.15) is 0 Å². The summed E-state index contributed by atoms with van der Waals surface area (Å²) in [6.45, 7) is 0.555. The Hall–Kier alpha value is -0.170. The smallest absolute Gasteiger partial charge is 0.292 e. The number of rotatable bonds is 7. The second-order valence-corrected chi connectivity index (χ2v) is 9.17. The summed E-state index contributed by atoms with van der Waals surface area (Å²) in [6.07, 6.45) is 0.867. The van der Waals surface area contributed by atoms with E-state index in [1.54, 1.807) is 7.05 Å². The predicted molar refractivity (Wildman–Crippen MR) is 76.2 cm³/mol. The van der Waals surface area contributed by atoms with E-state index in [-0.39, 0.29) is 10.2 Å². The molecule has 0 aromatic heterocycles. The molecule has 0 aliphatic rings. The molecule has 0 fully saturated rings. The molecule has 0 radical (unpaired) electrons. The van der Waals surface area contributed by atoms with Gasteiger partial charge in [-0.1, -0.05) is 37.4 Å². The SMILES string of the molecule is CCC(C)SP(=O)(NC)N(C)C(=S)C[N+](=O)[O-]. The number of likely N-dealkylation sites (N-methyl/N-ethyl adjacent to an activating group) is 1. The Labute approximate surface area is 111 Å². The lowest BCUT2D eigenvalue weighted by molar-refractivity contribution is -0.463. The summed E-state index contributed by atoms with van der Waals surface area (Å²) in [4.78, 5) is 9.93. The van der Waals surface area contributed by atoms with E-state index in [9.17, 15) is 14.7 Å². The number of thiocarbonyl (C=S) groups is 1. The van der Waals surface area contributed by atoms with Gasteiger partial charge in [0.2, 0.25) is 0 Å². The molecule has 1 N–H and O–H groups in total. The van der Waals surface area contributed by atoms with Gasteiger partial charge in [0.05, 0.1) is 0 Å². The fourth-order valence-electron chi connectivity index (χ4n) is 0.951. The zero-order chi connectivity index (χ0) is 13.6. The topological polar surface area (TPSA) is 75.5 Å². The first kappa shape index (κ1) is 16.8. The van der Waals surface area contributed by atoms with Gasteiger partial charge in [0.1, 0.15) is 0 Å². The van der Waals surface area contributed by atoms with Gasteiger partial charge in [0.15, 0.2) is 4.99 Å². The van der Waals surface area contributed by atoms with Crippen LogP contribution >= 0.6 is 30.2 Å². The summed E-state index contributed by atoms with van der Waals surface area (Å²) in [6, 6.07) is 0. The molecular weight excluding hydrogens is 281 g/mol. The van der Waals surface area contributed by atoms with Crippen molar-refractivity contribution in [2.75, 3.05) is 20.6 Å². The highest BCUT2D eigenvalue weighted by Crippen LogP contribution is 2.59. The molecule has 0 bridgehead atoms. The summed E-state index contributed by atoms with van der Waals surface area (Å²) in [5.74, 6) is 0. The van der Waals surface area contributed by atoms with Gasteiger partial charge in [0, 0.05) is 17.2 Å². The highest BCUT2D eigenvalue weighted by Gasteiger charge is 2.31. The third kappa shape index (κ3) is 5.33. The van der Waals surface area contributed by atoms with E-state index < -0.39 is 18.1 Å². The van der Waals surface area contributed by atoms with E-state index in [0.717, 1.165) is 6.42 Å². The van der Waals surface area contributed by atoms with Gasteiger partial charge < -0.3 is 0 Å². The molecular formula is C8H18N3O3PS2. The zero-order valence-corrected chi connectivity index (χ0v) is 12.9. The fourth-order valence-corrected chi connectivity index (χ4v) is 6.04. The third-order valence-corrected chi connectivity index (χ3v) is 8.53. The van der Waals surface area contributed by atoms with Crippen LogP contribution < -0.4 is 5.09 Å². The summed E-state index contributed by atoms with van der Waals surface area (Å²) in [5.41, 5.74) is 0. The van der Waals surface area contributed by atoms with E-state index in [1.165, 1.54) is 23.1 Å². The van der Waals surface area contributed by atoms with Crippen LogP contribution in [0.1, 0.15) is 20.3 Å². The van der Waals surface area contributed by atoms with Gasteiger partial charge in [-0.3, -0.25) is 19.3 Å². The van der Waals surface area contributed by atoms with E-state index in [4.69, 9.17) is 12.2 Å². The molecule has 0 rings (SSSR count). The monoisotopic (exact) mass is 299 g/mol. The minimum Gasteiger partial charge on any atom is -0.295 e. The number of hydrogen-bond acceptors (Lipinski definition) is 5. The Morgan fingerprint density at radius 2 is 2.24 bits per heavy atom. The third-order valence-electron chi connectivity index (χ3n) is 2.20. The second-order valence-electron chi connectivity index (χ2n) is 3.48. The first-order chi connectivity index (χ1) is 7.76. The summed E-state index contributed by atoms with van der Waals surface area (Å²) < 4.78 is 13.9. The molecule has 17 heavy (non-hydrogen) atoms. The Morgan fingerprint density at radius 3 is 2.59 bits per heavy atom. The van der Waals surface area contributed by atoms with Crippen LogP contribution in [-0.2, 0) is 4.57 Å². The quantitative estimate of drug-likeness (QED) is 0.335. The van der Waals surface area contributed by atoms with Crippen LogP contribution in [0.15, 0.2) is 0 Å². The van der Waals surface area contributed by atoms with E-state index in [2.05, 4.69) is 5.09 Å². The Kier molecular flexibility index (Phi) is 7.23. The van der Waals surface area contributed by atoms with Crippen LogP contribution in [0.4, 0.5) is 0 Å². The minimum absolute atomic E-state index is 0.0727. The van der Waals surface area contributed by atoms with E-state index in [1.807, 2.05) is 13.8 Å². The number of nitrogens with one attached hydrogen (secondary N) is 1. The Balaban J connectivity index is 4.79. The van der Waals surface area contributed by atoms with Gasteiger partial charge in [0.25, 0.3) is 13.2 Å². The second kappa shape index (κ2) is 7.31. The largest absolute Gasteiger partial charge is 0.295 e. The van der Waals surface area contributed by atoms with Crippen molar-refractivity contribution in [2.24, 2.45) is 0 Å². The van der Waals surface area contributed by atoms with Crippen LogP contribution in [0, 0.1) is 10.1 Å². The summed E-state index contributed by atoms with van der Waals surface area (Å²) >= 11 is 6.19. The predicted octanol–water partition coefficient (Wildman–Crippen LogP) is 2.38. The van der Waals surface area contributed by atoms with Gasteiger partial charge in [-0.15, -0.1) is 0 Å². The summed E-state index contributed by atoms with van der Waals surface area (Å²) in [7, 11) is 3.10. The molecule has 6 nitrogen and oxygen atoms in total. The standard InChI is InChI=1S/C8H18N3O3PS2/c1-5-7(2)17-15(14,9-3)10(4)8(16)6-11(12)13/h7H,5-6H2,1-4H3,(H,9,14). The maximum Gasteiger partial charge on any atom is 0.292 e. The molecule has 2 atom stereocenters. The maximum absolute atomic E-state index is 12.5. The first-order valence-corrected chi connectivity index (χ1v) is 8.68. The molecule has 2 unspecified atom stereocenters. The molecule has 0 spiro atoms. The van der Waals surface area contributed by atoms with Crippen molar-refractivity contribution in [1.29, 1.82) is 0 Å². The van der Waals surface area contributed by atoms with Crippen LogP contribution in [-0.4, -0.2) is 40.5 Å². The first-order valence-electron chi connectivity index (χ1n) is 5.13. The van der Waals surface area contributed by atoms with Crippen molar-refractivity contribution in [1.82, 2.24) is 9.76 Å². The fraction of sp³-hybridized carbons (Fsp3) is 0.875. The zero-order valence-electron chi connectivity index (χ0n) is 10.4. The van der Waals surface area contributed by atoms with Crippen molar-refractivity contribution in [3.8, 4) is 0 Å². The molecule has 0 saturated carbocycles. The average molecular weight is 299 g/mol. The molecule has 0 aliphatic carbocycles. The lowest BCUT2D eigenvalue weighted by Gasteiger charge is -2.29. The van der Waals surface area contributed by atoms with Crippen LogP contribution in [0.25, 0.3) is 0 Å². The molecule has 0 aliphatic heterocycles. The van der Waals surface area contributed by atoms with E-state index in [0.29, 0.717) is 0 Å².